The molecule has 1 N–H and O–H groups in total. The van der Waals surface area contributed by atoms with E-state index in [0.29, 0.717) is 6.04 Å². The molecule has 3 rings (SSSR count). The number of anilines is 1. The van der Waals surface area contributed by atoms with E-state index in [9.17, 15) is 0 Å². The van der Waals surface area contributed by atoms with Gasteiger partial charge in [-0.2, -0.15) is 0 Å². The van der Waals surface area contributed by atoms with Gasteiger partial charge >= 0.3 is 0 Å². The number of rotatable bonds is 2. The predicted molar refractivity (Wildman–Crippen MR) is 66.1 cm³/mol. The average Bonchev–Trinajstić information content (AvgIpc) is 3.02. The molecular formula is C12H11BrN2. The minimum atomic E-state index is 0.655. The molecule has 0 radical (unpaired) electrons. The van der Waals surface area contributed by atoms with Crippen molar-refractivity contribution in [3.8, 4) is 0 Å². The molecule has 0 saturated heterocycles. The molecule has 2 aromatic rings. The summed E-state index contributed by atoms with van der Waals surface area (Å²) in [5.41, 5.74) is 1.04. The molecule has 1 saturated carbocycles. The van der Waals surface area contributed by atoms with Crippen LogP contribution in [0.3, 0.4) is 0 Å². The van der Waals surface area contributed by atoms with Gasteiger partial charge in [-0.25, -0.2) is 4.98 Å². The van der Waals surface area contributed by atoms with Gasteiger partial charge in [0.25, 0.3) is 0 Å². The number of hydrogen-bond donors (Lipinski definition) is 1. The second-order valence-electron chi connectivity index (χ2n) is 3.92. The van der Waals surface area contributed by atoms with E-state index in [2.05, 4.69) is 32.3 Å². The molecule has 0 bridgehead atoms. The molecular weight excluding hydrogens is 252 g/mol. The molecule has 0 amide bonds. The lowest BCUT2D eigenvalue weighted by molar-refractivity contribution is 1.12. The molecule has 0 atom stereocenters. The number of nitrogens with one attached hydrogen (secondary N) is 1. The number of halogens is 1. The Morgan fingerprint density at radius 2 is 2.07 bits per heavy atom. The van der Waals surface area contributed by atoms with Crippen molar-refractivity contribution in [2.75, 3.05) is 5.32 Å². The van der Waals surface area contributed by atoms with Gasteiger partial charge in [0, 0.05) is 15.9 Å². The van der Waals surface area contributed by atoms with Crippen LogP contribution in [0.25, 0.3) is 10.9 Å². The molecule has 1 aromatic carbocycles. The minimum absolute atomic E-state index is 0.655. The Labute approximate surface area is 96.8 Å². The quantitative estimate of drug-likeness (QED) is 0.895. The van der Waals surface area contributed by atoms with Crippen molar-refractivity contribution in [1.29, 1.82) is 0 Å². The molecule has 76 valence electrons. The number of hydrogen-bond acceptors (Lipinski definition) is 2. The summed E-state index contributed by atoms with van der Waals surface area (Å²) in [6.07, 6.45) is 2.55. The van der Waals surface area contributed by atoms with E-state index >= 15 is 0 Å². The first-order valence-corrected chi connectivity index (χ1v) is 5.94. The number of pyridine rings is 1. The fourth-order valence-electron chi connectivity index (χ4n) is 1.63. The number of benzene rings is 1. The van der Waals surface area contributed by atoms with Crippen LogP contribution in [0, 0.1) is 0 Å². The van der Waals surface area contributed by atoms with Crippen molar-refractivity contribution in [2.45, 2.75) is 18.9 Å². The first kappa shape index (κ1) is 9.16. The largest absolute Gasteiger partial charge is 0.367 e. The van der Waals surface area contributed by atoms with Crippen LogP contribution in [0.1, 0.15) is 12.8 Å². The summed E-state index contributed by atoms with van der Waals surface area (Å²) in [6, 6.07) is 10.9. The van der Waals surface area contributed by atoms with Gasteiger partial charge in [-0.3, -0.25) is 0 Å². The zero-order valence-electron chi connectivity index (χ0n) is 8.20. The molecule has 0 spiro atoms. The number of aromatic nitrogens is 1. The Morgan fingerprint density at radius 3 is 2.87 bits per heavy atom. The van der Waals surface area contributed by atoms with Crippen molar-refractivity contribution < 1.29 is 0 Å². The summed E-state index contributed by atoms with van der Waals surface area (Å²) >= 11 is 3.52. The van der Waals surface area contributed by atoms with Gasteiger partial charge in [0.15, 0.2) is 0 Å². The van der Waals surface area contributed by atoms with E-state index < -0.39 is 0 Å². The second-order valence-corrected chi connectivity index (χ2v) is 4.78. The SMILES string of the molecule is Brc1cccc2nc(NC3CC3)ccc12. The average molecular weight is 263 g/mol. The van der Waals surface area contributed by atoms with Crippen LogP contribution in [-0.4, -0.2) is 11.0 Å². The molecule has 1 aliphatic carbocycles. The monoisotopic (exact) mass is 262 g/mol. The first-order valence-electron chi connectivity index (χ1n) is 5.15. The van der Waals surface area contributed by atoms with E-state index in [4.69, 9.17) is 0 Å². The Kier molecular flexibility index (Phi) is 2.13. The summed E-state index contributed by atoms with van der Waals surface area (Å²) < 4.78 is 1.10. The Balaban J connectivity index is 2.05. The zero-order chi connectivity index (χ0) is 10.3. The highest BCUT2D eigenvalue weighted by atomic mass is 79.9. The smallest absolute Gasteiger partial charge is 0.126 e. The summed E-state index contributed by atoms with van der Waals surface area (Å²) in [7, 11) is 0. The van der Waals surface area contributed by atoms with E-state index in [-0.39, 0.29) is 0 Å². The van der Waals surface area contributed by atoms with Gasteiger partial charge in [-0.15, -0.1) is 0 Å². The number of nitrogens with zero attached hydrogens (tertiary/aromatic N) is 1. The fraction of sp³-hybridized carbons (Fsp3) is 0.250. The maximum atomic E-state index is 4.58. The third kappa shape index (κ3) is 1.84. The maximum absolute atomic E-state index is 4.58. The van der Waals surface area contributed by atoms with Gasteiger partial charge < -0.3 is 5.32 Å². The van der Waals surface area contributed by atoms with Crippen molar-refractivity contribution in [3.05, 3.63) is 34.8 Å². The summed E-state index contributed by atoms with van der Waals surface area (Å²) in [6.45, 7) is 0. The van der Waals surface area contributed by atoms with Gasteiger partial charge in [-0.1, -0.05) is 22.0 Å². The fourth-order valence-corrected chi connectivity index (χ4v) is 2.12. The molecule has 3 heteroatoms. The van der Waals surface area contributed by atoms with Crippen molar-refractivity contribution in [1.82, 2.24) is 4.98 Å². The van der Waals surface area contributed by atoms with E-state index in [1.54, 1.807) is 0 Å². The third-order valence-corrected chi connectivity index (χ3v) is 3.30. The topological polar surface area (TPSA) is 24.9 Å². The highest BCUT2D eigenvalue weighted by molar-refractivity contribution is 9.10. The van der Waals surface area contributed by atoms with E-state index in [0.717, 1.165) is 15.8 Å². The summed E-state index contributed by atoms with van der Waals surface area (Å²) in [5.74, 6) is 0.989. The van der Waals surface area contributed by atoms with Crippen molar-refractivity contribution in [3.63, 3.8) is 0 Å². The molecule has 2 nitrogen and oxygen atoms in total. The lowest BCUT2D eigenvalue weighted by atomic mass is 10.2. The molecule has 1 fully saturated rings. The Morgan fingerprint density at radius 1 is 1.20 bits per heavy atom. The van der Waals surface area contributed by atoms with Gasteiger partial charge in [0.2, 0.25) is 0 Å². The van der Waals surface area contributed by atoms with Gasteiger partial charge in [0.1, 0.15) is 5.82 Å². The lowest BCUT2D eigenvalue weighted by Crippen LogP contribution is -2.02. The molecule has 0 aliphatic heterocycles. The van der Waals surface area contributed by atoms with Crippen LogP contribution in [0.15, 0.2) is 34.8 Å². The van der Waals surface area contributed by atoms with E-state index in [1.165, 1.54) is 18.2 Å². The molecule has 0 unspecified atom stereocenters. The molecule has 1 aromatic heterocycles. The lowest BCUT2D eigenvalue weighted by Gasteiger charge is -2.05. The van der Waals surface area contributed by atoms with Gasteiger partial charge in [0.05, 0.1) is 5.52 Å². The zero-order valence-corrected chi connectivity index (χ0v) is 9.79. The van der Waals surface area contributed by atoms with E-state index in [1.807, 2.05) is 24.3 Å². The first-order chi connectivity index (χ1) is 7.33. The minimum Gasteiger partial charge on any atom is -0.367 e. The molecule has 1 heterocycles. The van der Waals surface area contributed by atoms with Crippen LogP contribution < -0.4 is 5.32 Å². The normalized spacial score (nSPS) is 15.5. The summed E-state index contributed by atoms with van der Waals surface area (Å²) in [4.78, 5) is 4.58. The molecule has 1 aliphatic rings. The standard InChI is InChI=1S/C12H11BrN2/c13-10-2-1-3-11-9(10)6-7-12(15-11)14-8-4-5-8/h1-3,6-8H,4-5H2,(H,14,15). The Hall–Kier alpha value is -1.09. The predicted octanol–water partition coefficient (Wildman–Crippen LogP) is 3.57. The summed E-state index contributed by atoms with van der Waals surface area (Å²) in [5, 5.41) is 4.57. The van der Waals surface area contributed by atoms with Crippen LogP contribution in [0.4, 0.5) is 5.82 Å². The maximum Gasteiger partial charge on any atom is 0.126 e. The van der Waals surface area contributed by atoms with Crippen LogP contribution in [-0.2, 0) is 0 Å². The van der Waals surface area contributed by atoms with Crippen LogP contribution >= 0.6 is 15.9 Å². The van der Waals surface area contributed by atoms with Crippen molar-refractivity contribution in [2.24, 2.45) is 0 Å². The second kappa shape index (κ2) is 3.49. The molecule has 15 heavy (non-hydrogen) atoms. The van der Waals surface area contributed by atoms with Crippen LogP contribution in [0.2, 0.25) is 0 Å². The third-order valence-electron chi connectivity index (χ3n) is 2.61. The highest BCUT2D eigenvalue weighted by Crippen LogP contribution is 2.27. The highest BCUT2D eigenvalue weighted by Gasteiger charge is 2.21. The number of fused-ring (bicyclic) bond motifs is 1. The Bertz CT molecular complexity index is 506. The van der Waals surface area contributed by atoms with Gasteiger partial charge in [-0.05, 0) is 37.1 Å². The van der Waals surface area contributed by atoms with Crippen LogP contribution in [0.5, 0.6) is 0 Å². The van der Waals surface area contributed by atoms with Crippen molar-refractivity contribution >= 4 is 32.7 Å².